The largest absolute Gasteiger partial charge is 0.463 e. The van der Waals surface area contributed by atoms with Crippen molar-refractivity contribution in [2.45, 2.75) is 11.1 Å². The second kappa shape index (κ2) is 11.1. The normalized spacial score (nSPS) is 13.7. The number of hydrogen-bond donors (Lipinski definition) is 1. The summed E-state index contributed by atoms with van der Waals surface area (Å²) in [5, 5.41) is 7.44. The molecule has 2 aromatic rings. The molecule has 1 aromatic heterocycles. The molecule has 0 fully saturated rings. The van der Waals surface area contributed by atoms with E-state index in [1.54, 1.807) is 19.0 Å². The van der Waals surface area contributed by atoms with E-state index in [-0.39, 0.29) is 23.0 Å². The number of ether oxygens (including phenoxy) is 1. The number of aromatic nitrogens is 2. The van der Waals surface area contributed by atoms with Crippen LogP contribution in [0.1, 0.15) is 5.89 Å². The van der Waals surface area contributed by atoms with Crippen molar-refractivity contribution in [2.24, 2.45) is 10.7 Å². The van der Waals surface area contributed by atoms with Crippen molar-refractivity contribution in [3.63, 3.8) is 0 Å². The second-order valence-corrected chi connectivity index (χ2v) is 9.94. The summed E-state index contributed by atoms with van der Waals surface area (Å²) in [5.41, 5.74) is 3.32. The average Bonchev–Trinajstić information content (AvgIpc) is 3.21. The quantitative estimate of drug-likeness (QED) is 0.356. The van der Waals surface area contributed by atoms with Crippen LogP contribution in [0.25, 0.3) is 11.5 Å². The van der Waals surface area contributed by atoms with Gasteiger partial charge < -0.3 is 19.8 Å². The first kappa shape index (κ1) is 27.5. The number of carbonyl (C=O) groups excluding carboxylic acids is 1. The highest BCUT2D eigenvalue weighted by Crippen LogP contribution is 2.30. The van der Waals surface area contributed by atoms with Crippen LogP contribution in [0.3, 0.4) is 0 Å². The molecule has 0 aliphatic rings. The molecule has 0 spiro atoms. The van der Waals surface area contributed by atoms with Gasteiger partial charge in [0.05, 0.1) is 9.38 Å². The molecule has 0 unspecified atom stereocenters. The van der Waals surface area contributed by atoms with Crippen LogP contribution >= 0.6 is 15.9 Å². The van der Waals surface area contributed by atoms with Crippen molar-refractivity contribution >= 4 is 37.4 Å². The van der Waals surface area contributed by atoms with Gasteiger partial charge in [-0.1, -0.05) is 6.07 Å². The van der Waals surface area contributed by atoms with Crippen LogP contribution in [0.4, 0.5) is 13.2 Å². The zero-order valence-electron chi connectivity index (χ0n) is 18.3. The Morgan fingerprint density at radius 2 is 1.97 bits per heavy atom. The molecule has 0 amide bonds. The molecule has 0 saturated carbocycles. The molecule has 0 radical (unpaired) electrons. The molecule has 186 valence electrons. The van der Waals surface area contributed by atoms with E-state index in [1.807, 2.05) is 0 Å². The summed E-state index contributed by atoms with van der Waals surface area (Å²) in [5.74, 6) is -1.47. The van der Waals surface area contributed by atoms with Crippen LogP contribution < -0.4 is 5.73 Å². The minimum atomic E-state index is -4.92. The number of nitrogens with zero attached hydrogens (tertiary/aromatic N) is 4. The van der Waals surface area contributed by atoms with E-state index in [2.05, 4.69) is 31.1 Å². The SMILES string of the molecule is CN(C)CCOC(=O)CN=C(C(Br)=C(N)C(F)(F)F)c1nnc(-c2cccc(S(C)(=O)=O)c2)o1. The van der Waals surface area contributed by atoms with Crippen molar-refractivity contribution in [3.8, 4) is 11.5 Å². The Hall–Kier alpha value is -2.78. The van der Waals surface area contributed by atoms with E-state index in [0.29, 0.717) is 6.54 Å². The summed E-state index contributed by atoms with van der Waals surface area (Å²) in [7, 11) is -0.00261. The second-order valence-electron chi connectivity index (χ2n) is 7.13. The lowest BCUT2D eigenvalue weighted by Crippen LogP contribution is -2.24. The van der Waals surface area contributed by atoms with Gasteiger partial charge in [0.1, 0.15) is 24.6 Å². The van der Waals surface area contributed by atoms with Crippen LogP contribution in [0, 0.1) is 0 Å². The number of halogens is 4. The molecule has 1 aromatic carbocycles. The average molecular weight is 568 g/mol. The smallest absolute Gasteiger partial charge is 0.431 e. The van der Waals surface area contributed by atoms with Crippen molar-refractivity contribution < 1.29 is 35.5 Å². The maximum atomic E-state index is 13.2. The lowest BCUT2D eigenvalue weighted by molar-refractivity contribution is -0.142. The molecule has 2 N–H and O–H groups in total. The van der Waals surface area contributed by atoms with Gasteiger partial charge in [-0.3, -0.25) is 9.79 Å². The molecule has 0 atom stereocenters. The predicted molar refractivity (Wildman–Crippen MR) is 120 cm³/mol. The van der Waals surface area contributed by atoms with Gasteiger partial charge in [-0.2, -0.15) is 13.2 Å². The van der Waals surface area contributed by atoms with Gasteiger partial charge in [0.2, 0.25) is 5.89 Å². The summed E-state index contributed by atoms with van der Waals surface area (Å²) in [6.07, 6.45) is -3.91. The summed E-state index contributed by atoms with van der Waals surface area (Å²) >= 11 is 2.75. The summed E-state index contributed by atoms with van der Waals surface area (Å²) in [6, 6.07) is 5.53. The maximum Gasteiger partial charge on any atom is 0.431 e. The van der Waals surface area contributed by atoms with E-state index >= 15 is 0 Å². The standard InChI is InChI=1S/C19H21BrF3N5O5S/c1-28(2)7-8-32-13(29)10-25-15(14(20)16(24)19(21,22)23)18-27-26-17(33-18)11-5-4-6-12(9-11)34(3,30)31/h4-6,9H,7-8,10,24H2,1-3H3. The van der Waals surface area contributed by atoms with E-state index in [9.17, 15) is 26.4 Å². The van der Waals surface area contributed by atoms with Crippen molar-refractivity contribution in [1.82, 2.24) is 15.1 Å². The molecule has 0 aliphatic carbocycles. The number of sulfone groups is 1. The number of benzene rings is 1. The van der Waals surface area contributed by atoms with Crippen LogP contribution in [0.2, 0.25) is 0 Å². The number of esters is 1. The van der Waals surface area contributed by atoms with Crippen molar-refractivity contribution in [2.75, 3.05) is 40.0 Å². The predicted octanol–water partition coefficient (Wildman–Crippen LogP) is 2.16. The van der Waals surface area contributed by atoms with E-state index in [1.165, 1.54) is 24.3 Å². The number of rotatable bonds is 9. The number of likely N-dealkylation sites (N-methyl/N-ethyl adjacent to an activating group) is 1. The number of alkyl halides is 3. The fraction of sp³-hybridized carbons (Fsp3) is 0.368. The first-order chi connectivity index (χ1) is 15.7. The van der Waals surface area contributed by atoms with Crippen LogP contribution in [-0.4, -0.2) is 81.4 Å². The highest BCUT2D eigenvalue weighted by molar-refractivity contribution is 9.12. The number of nitrogens with two attached hydrogens (primary N) is 1. The Labute approximate surface area is 201 Å². The lowest BCUT2D eigenvalue weighted by Gasteiger charge is -2.11. The maximum absolute atomic E-state index is 13.2. The third-order valence-electron chi connectivity index (χ3n) is 4.05. The van der Waals surface area contributed by atoms with Gasteiger partial charge in [0.15, 0.2) is 9.84 Å². The fourth-order valence-corrected chi connectivity index (χ4v) is 3.50. The van der Waals surface area contributed by atoms with E-state index in [4.69, 9.17) is 14.9 Å². The molecule has 1 heterocycles. The Morgan fingerprint density at radius 1 is 1.29 bits per heavy atom. The third kappa shape index (κ3) is 7.63. The Morgan fingerprint density at radius 3 is 2.56 bits per heavy atom. The minimum absolute atomic E-state index is 0.0264. The molecule has 0 aliphatic heterocycles. The lowest BCUT2D eigenvalue weighted by atomic mass is 10.2. The third-order valence-corrected chi connectivity index (χ3v) is 5.97. The molecule has 15 heteroatoms. The number of carbonyl (C=O) groups is 1. The van der Waals surface area contributed by atoms with Crippen molar-refractivity contribution in [3.05, 3.63) is 40.3 Å². The van der Waals surface area contributed by atoms with Gasteiger partial charge >= 0.3 is 12.1 Å². The highest BCUT2D eigenvalue weighted by atomic mass is 79.9. The number of allylic oxidation sites excluding steroid dienone is 2. The van der Waals surface area contributed by atoms with Crippen LogP contribution in [-0.2, 0) is 19.4 Å². The fourth-order valence-electron chi connectivity index (χ4n) is 2.31. The van der Waals surface area contributed by atoms with Crippen LogP contribution in [0.15, 0.2) is 48.7 Å². The summed E-state index contributed by atoms with van der Waals surface area (Å²) in [6.45, 7) is -0.156. The molecule has 0 saturated heterocycles. The zero-order valence-corrected chi connectivity index (χ0v) is 20.7. The summed E-state index contributed by atoms with van der Waals surface area (Å²) in [4.78, 5) is 17.5. The van der Waals surface area contributed by atoms with Crippen molar-refractivity contribution in [1.29, 1.82) is 0 Å². The van der Waals surface area contributed by atoms with E-state index in [0.717, 1.165) is 6.26 Å². The monoisotopic (exact) mass is 567 g/mol. The van der Waals surface area contributed by atoms with Gasteiger partial charge in [-0.15, -0.1) is 10.2 Å². The number of hydrogen-bond acceptors (Lipinski definition) is 10. The molecule has 2 rings (SSSR count). The number of aliphatic imine (C=N–C) groups is 1. The summed E-state index contributed by atoms with van der Waals surface area (Å²) < 4.78 is 72.7. The highest BCUT2D eigenvalue weighted by Gasteiger charge is 2.36. The first-order valence-corrected chi connectivity index (χ1v) is 12.1. The minimum Gasteiger partial charge on any atom is -0.463 e. The van der Waals surface area contributed by atoms with E-state index < -0.39 is 50.3 Å². The Kier molecular flexibility index (Phi) is 8.96. The zero-order chi connectivity index (χ0) is 25.7. The topological polar surface area (TPSA) is 141 Å². The Bertz CT molecular complexity index is 1210. The molecule has 0 bridgehead atoms. The molecule has 10 nitrogen and oxygen atoms in total. The van der Waals surface area contributed by atoms with Gasteiger partial charge in [-0.05, 0) is 48.2 Å². The Balaban J connectivity index is 2.43. The van der Waals surface area contributed by atoms with Gasteiger partial charge in [0, 0.05) is 18.4 Å². The first-order valence-electron chi connectivity index (χ1n) is 9.42. The van der Waals surface area contributed by atoms with Crippen LogP contribution in [0.5, 0.6) is 0 Å². The van der Waals surface area contributed by atoms with Gasteiger partial charge in [0.25, 0.3) is 5.89 Å². The molecule has 34 heavy (non-hydrogen) atoms. The molecular formula is C19H21BrF3N5O5S. The molecular weight excluding hydrogens is 547 g/mol. The van der Waals surface area contributed by atoms with Gasteiger partial charge in [-0.25, -0.2) is 8.42 Å².